The van der Waals surface area contributed by atoms with Crippen molar-refractivity contribution in [1.29, 1.82) is 0 Å². The minimum absolute atomic E-state index is 0.181. The van der Waals surface area contributed by atoms with Gasteiger partial charge in [-0.25, -0.2) is 14.6 Å². The van der Waals surface area contributed by atoms with Gasteiger partial charge < -0.3 is 19.0 Å². The lowest BCUT2D eigenvalue weighted by Gasteiger charge is -2.26. The molecule has 42 heavy (non-hydrogen) atoms. The minimum Gasteiger partial charge on any atom is -0.496 e. The Balaban J connectivity index is 1.68. The van der Waals surface area contributed by atoms with Crippen LogP contribution in [0.2, 0.25) is 0 Å². The van der Waals surface area contributed by atoms with Crippen LogP contribution >= 0.6 is 11.3 Å². The molecular weight excluding hydrogens is 556 g/mol. The molecular formula is C32H30N2O7S. The Morgan fingerprint density at radius 1 is 1.12 bits per heavy atom. The van der Waals surface area contributed by atoms with Gasteiger partial charge in [-0.3, -0.25) is 9.36 Å². The molecule has 0 saturated heterocycles. The number of ether oxygens (including phenoxy) is 2. The smallest absolute Gasteiger partial charge is 0.338 e. The number of carboxylic acid groups (broad SMARTS) is 1. The number of carbonyl (C=O) groups excluding carboxylic acids is 1. The Morgan fingerprint density at radius 3 is 2.62 bits per heavy atom. The largest absolute Gasteiger partial charge is 0.496 e. The maximum atomic E-state index is 14.0. The third-order valence-electron chi connectivity index (χ3n) is 7.06. The molecule has 0 unspecified atom stereocenters. The van der Waals surface area contributed by atoms with Crippen LogP contribution < -0.4 is 19.6 Å². The van der Waals surface area contributed by atoms with E-state index < -0.39 is 18.0 Å². The maximum Gasteiger partial charge on any atom is 0.338 e. The molecule has 0 radical (unpaired) electrons. The number of carboxylic acids is 1. The van der Waals surface area contributed by atoms with Crippen molar-refractivity contribution in [3.05, 3.63) is 108 Å². The van der Waals surface area contributed by atoms with E-state index in [1.165, 1.54) is 15.9 Å². The predicted octanol–water partition coefficient (Wildman–Crippen LogP) is 4.85. The van der Waals surface area contributed by atoms with Gasteiger partial charge in [0.05, 0.1) is 35.1 Å². The molecule has 9 nitrogen and oxygen atoms in total. The summed E-state index contributed by atoms with van der Waals surface area (Å²) in [5.41, 5.74) is 2.62. The second-order valence-corrected chi connectivity index (χ2v) is 10.6. The van der Waals surface area contributed by atoms with Gasteiger partial charge in [0.1, 0.15) is 23.3 Å². The number of nitrogens with zero attached hydrogens (tertiary/aromatic N) is 2. The molecule has 10 heteroatoms. The molecule has 2 aromatic carbocycles. The number of thiazole rings is 1. The van der Waals surface area contributed by atoms with Crippen molar-refractivity contribution in [2.75, 3.05) is 13.7 Å². The summed E-state index contributed by atoms with van der Waals surface area (Å²) < 4.78 is 19.0. The van der Waals surface area contributed by atoms with Crippen LogP contribution in [0.1, 0.15) is 60.0 Å². The van der Waals surface area contributed by atoms with E-state index in [-0.39, 0.29) is 17.7 Å². The first kappa shape index (κ1) is 28.8. The van der Waals surface area contributed by atoms with E-state index in [0.29, 0.717) is 61.0 Å². The van der Waals surface area contributed by atoms with Crippen molar-refractivity contribution in [2.45, 2.75) is 39.7 Å². The molecule has 5 rings (SSSR count). The lowest BCUT2D eigenvalue weighted by Crippen LogP contribution is -2.40. The first-order chi connectivity index (χ1) is 20.3. The average Bonchev–Trinajstić information content (AvgIpc) is 3.56. The fourth-order valence-electron chi connectivity index (χ4n) is 5.15. The van der Waals surface area contributed by atoms with Crippen LogP contribution in [0.25, 0.3) is 17.4 Å². The number of esters is 1. The van der Waals surface area contributed by atoms with Crippen molar-refractivity contribution >= 4 is 29.4 Å². The molecule has 0 bridgehead atoms. The summed E-state index contributed by atoms with van der Waals surface area (Å²) in [5.74, 6) is -0.105. The van der Waals surface area contributed by atoms with Crippen molar-refractivity contribution < 1.29 is 28.6 Å². The monoisotopic (exact) mass is 586 g/mol. The standard InChI is InChI=1S/C32H30N2O7S/c1-5-10-23-27(31(38)40-6-2)28(22-11-7-8-14-24(22)39-4)34-29(35)26(42-32(34)33-23)17-19-15-16-25(41-19)20-12-9-13-21(18(20)3)30(36)37/h7-9,11-17,28H,5-6,10H2,1-4H3,(H,36,37)/b26-17-/t28-/m0/s1. The first-order valence-corrected chi connectivity index (χ1v) is 14.4. The Hall–Kier alpha value is -4.70. The third-order valence-corrected chi connectivity index (χ3v) is 8.04. The van der Waals surface area contributed by atoms with Gasteiger partial charge in [0.25, 0.3) is 5.56 Å². The summed E-state index contributed by atoms with van der Waals surface area (Å²) >= 11 is 1.20. The van der Waals surface area contributed by atoms with E-state index in [9.17, 15) is 19.5 Å². The minimum atomic E-state index is -1.02. The summed E-state index contributed by atoms with van der Waals surface area (Å²) in [7, 11) is 1.55. The average molecular weight is 587 g/mol. The van der Waals surface area contributed by atoms with Crippen molar-refractivity contribution in [3.63, 3.8) is 0 Å². The van der Waals surface area contributed by atoms with Crippen LogP contribution in [0.5, 0.6) is 5.75 Å². The van der Waals surface area contributed by atoms with Crippen LogP contribution in [0.3, 0.4) is 0 Å². The Kier molecular flexibility index (Phi) is 8.26. The van der Waals surface area contributed by atoms with Gasteiger partial charge in [0.2, 0.25) is 0 Å². The maximum absolute atomic E-state index is 14.0. The van der Waals surface area contributed by atoms with E-state index >= 15 is 0 Å². The number of aromatic nitrogens is 1. The number of methoxy groups -OCH3 is 1. The second kappa shape index (κ2) is 12.0. The van der Waals surface area contributed by atoms with Gasteiger partial charge in [0, 0.05) is 17.2 Å². The van der Waals surface area contributed by atoms with Gasteiger partial charge in [-0.15, -0.1) is 0 Å². The van der Waals surface area contributed by atoms with Crippen LogP contribution in [-0.4, -0.2) is 35.3 Å². The van der Waals surface area contributed by atoms with Crippen molar-refractivity contribution in [3.8, 4) is 17.1 Å². The molecule has 1 N–H and O–H groups in total. The van der Waals surface area contributed by atoms with Gasteiger partial charge in [0.15, 0.2) is 4.80 Å². The molecule has 0 aliphatic carbocycles. The number of hydrogen-bond donors (Lipinski definition) is 1. The number of para-hydroxylation sites is 1. The summed E-state index contributed by atoms with van der Waals surface area (Å²) in [6, 6.07) is 15.0. The number of allylic oxidation sites excluding steroid dienone is 1. The van der Waals surface area contributed by atoms with Crippen LogP contribution in [0.4, 0.5) is 0 Å². The third kappa shape index (κ3) is 5.21. The quantitative estimate of drug-likeness (QED) is 0.278. The summed E-state index contributed by atoms with van der Waals surface area (Å²) in [6.07, 6.45) is 2.91. The zero-order valence-electron chi connectivity index (χ0n) is 23.7. The van der Waals surface area contributed by atoms with Gasteiger partial charge in [-0.05, 0) is 50.1 Å². The summed E-state index contributed by atoms with van der Waals surface area (Å²) in [5, 5.41) is 9.50. The first-order valence-electron chi connectivity index (χ1n) is 13.6. The van der Waals surface area contributed by atoms with Gasteiger partial charge in [-0.2, -0.15) is 0 Å². The van der Waals surface area contributed by atoms with E-state index in [1.54, 1.807) is 63.4 Å². The SMILES string of the molecule is CCCC1=C(C(=O)OCC)[C@H](c2ccccc2OC)n2c(s/c(=C\c3ccc(-c4cccc(C(=O)O)c4C)o3)c2=O)=N1. The Bertz CT molecular complexity index is 1890. The molecule has 0 spiro atoms. The second-order valence-electron chi connectivity index (χ2n) is 9.64. The molecule has 0 fully saturated rings. The predicted molar refractivity (Wildman–Crippen MR) is 158 cm³/mol. The number of furan rings is 1. The van der Waals surface area contributed by atoms with Gasteiger partial charge in [-0.1, -0.05) is 55.0 Å². The topological polar surface area (TPSA) is 120 Å². The van der Waals surface area contributed by atoms with E-state index in [1.807, 2.05) is 25.1 Å². The summed E-state index contributed by atoms with van der Waals surface area (Å²) in [4.78, 5) is 44.2. The molecule has 2 aromatic heterocycles. The molecule has 4 aromatic rings. The molecule has 1 aliphatic heterocycles. The van der Waals surface area contributed by atoms with Crippen LogP contribution in [0.15, 0.2) is 80.1 Å². The molecule has 1 atom stereocenters. The number of hydrogen-bond acceptors (Lipinski definition) is 8. The number of carbonyl (C=O) groups is 2. The molecule has 0 saturated carbocycles. The normalized spacial score (nSPS) is 14.9. The van der Waals surface area contributed by atoms with E-state index in [4.69, 9.17) is 18.9 Å². The highest BCUT2D eigenvalue weighted by Crippen LogP contribution is 2.37. The van der Waals surface area contributed by atoms with E-state index in [2.05, 4.69) is 0 Å². The zero-order valence-corrected chi connectivity index (χ0v) is 24.5. The lowest BCUT2D eigenvalue weighted by atomic mass is 9.93. The zero-order chi connectivity index (χ0) is 30.0. The van der Waals surface area contributed by atoms with Crippen LogP contribution in [0, 0.1) is 6.92 Å². The molecule has 1 aliphatic rings. The fraction of sp³-hybridized carbons (Fsp3) is 0.250. The Labute approximate surface area is 245 Å². The van der Waals surface area contributed by atoms with E-state index in [0.717, 1.165) is 6.42 Å². The number of aromatic carboxylic acids is 1. The highest BCUT2D eigenvalue weighted by atomic mass is 32.1. The van der Waals surface area contributed by atoms with Gasteiger partial charge >= 0.3 is 11.9 Å². The van der Waals surface area contributed by atoms with Crippen molar-refractivity contribution in [2.24, 2.45) is 4.99 Å². The molecule has 0 amide bonds. The number of fused-ring (bicyclic) bond motifs is 1. The highest BCUT2D eigenvalue weighted by molar-refractivity contribution is 7.07. The molecule has 216 valence electrons. The van der Waals surface area contributed by atoms with Crippen molar-refractivity contribution in [1.82, 2.24) is 4.57 Å². The summed E-state index contributed by atoms with van der Waals surface area (Å²) in [6.45, 7) is 5.65. The van der Waals surface area contributed by atoms with Crippen LogP contribution in [-0.2, 0) is 9.53 Å². The lowest BCUT2D eigenvalue weighted by molar-refractivity contribution is -0.139. The number of rotatable bonds is 9. The Morgan fingerprint density at radius 2 is 1.90 bits per heavy atom. The highest BCUT2D eigenvalue weighted by Gasteiger charge is 2.35. The number of benzene rings is 2. The fourth-order valence-corrected chi connectivity index (χ4v) is 6.15. The molecule has 3 heterocycles.